The van der Waals surface area contributed by atoms with Crippen LogP contribution in [-0.2, 0) is 21.3 Å². The maximum atomic E-state index is 11.5. The van der Waals surface area contributed by atoms with Crippen molar-refractivity contribution in [3.05, 3.63) is 28.8 Å². The molecular weight excluding hydrogens is 302 g/mol. The fourth-order valence-corrected chi connectivity index (χ4v) is 2.42. The second-order valence-electron chi connectivity index (χ2n) is 3.32. The van der Waals surface area contributed by atoms with Crippen molar-refractivity contribution >= 4 is 34.5 Å². The molecule has 5 heteroatoms. The number of esters is 1. The zero-order valence-corrected chi connectivity index (χ0v) is 11.8. The van der Waals surface area contributed by atoms with Crippen LogP contribution in [-0.4, -0.2) is 12.6 Å². The van der Waals surface area contributed by atoms with Gasteiger partial charge in [-0.05, 0) is 30.2 Å². The lowest BCUT2D eigenvalue weighted by Crippen LogP contribution is -2.10. The van der Waals surface area contributed by atoms with Gasteiger partial charge in [0.15, 0.2) is 0 Å². The van der Waals surface area contributed by atoms with Gasteiger partial charge in [-0.15, -0.1) is 12.6 Å². The fourth-order valence-electron chi connectivity index (χ4n) is 1.49. The zero-order chi connectivity index (χ0) is 12.8. The van der Waals surface area contributed by atoms with E-state index in [-0.39, 0.29) is 12.4 Å². The number of nitriles is 1. The molecule has 1 aromatic rings. The van der Waals surface area contributed by atoms with E-state index in [2.05, 4.69) is 34.6 Å². The molecule has 0 radical (unpaired) electrons. The van der Waals surface area contributed by atoms with Crippen LogP contribution in [0.4, 0.5) is 0 Å². The first-order chi connectivity index (χ1) is 8.13. The average molecular weight is 314 g/mol. The molecule has 0 saturated carbocycles. The number of halogens is 1. The maximum Gasteiger partial charge on any atom is 0.310 e. The number of ether oxygens (including phenoxy) is 1. The van der Waals surface area contributed by atoms with E-state index in [9.17, 15) is 4.79 Å². The Bertz CT molecular complexity index is 468. The highest BCUT2D eigenvalue weighted by Crippen LogP contribution is 2.25. The molecule has 0 N–H and O–H groups in total. The molecule has 90 valence electrons. The monoisotopic (exact) mass is 313 g/mol. The minimum Gasteiger partial charge on any atom is -0.466 e. The van der Waals surface area contributed by atoms with Crippen molar-refractivity contribution in [1.82, 2.24) is 0 Å². The van der Waals surface area contributed by atoms with Crippen LogP contribution in [0, 0.1) is 11.3 Å². The van der Waals surface area contributed by atoms with E-state index >= 15 is 0 Å². The van der Waals surface area contributed by atoms with Gasteiger partial charge in [0.1, 0.15) is 0 Å². The average Bonchev–Trinajstić information content (AvgIpc) is 2.31. The SMILES string of the molecule is CCOC(=O)Cc1c(S)ccc(C#N)c1CBr. The number of carbonyl (C=O) groups is 1. The van der Waals surface area contributed by atoms with Crippen molar-refractivity contribution in [3.63, 3.8) is 0 Å². The van der Waals surface area contributed by atoms with Gasteiger partial charge < -0.3 is 4.74 Å². The Hall–Kier alpha value is -0.990. The van der Waals surface area contributed by atoms with Crippen molar-refractivity contribution in [2.24, 2.45) is 0 Å². The van der Waals surface area contributed by atoms with Crippen LogP contribution in [0.15, 0.2) is 17.0 Å². The molecule has 1 rings (SSSR count). The van der Waals surface area contributed by atoms with Crippen LogP contribution in [0.1, 0.15) is 23.6 Å². The molecule has 0 aliphatic heterocycles. The van der Waals surface area contributed by atoms with E-state index in [1.165, 1.54) is 0 Å². The van der Waals surface area contributed by atoms with Crippen LogP contribution in [0.3, 0.4) is 0 Å². The minimum absolute atomic E-state index is 0.142. The fraction of sp³-hybridized carbons (Fsp3) is 0.333. The number of hydrogen-bond donors (Lipinski definition) is 1. The summed E-state index contributed by atoms with van der Waals surface area (Å²) in [5.41, 5.74) is 2.11. The molecule has 0 spiro atoms. The Morgan fingerprint density at radius 1 is 1.53 bits per heavy atom. The first-order valence-corrected chi connectivity index (χ1v) is 6.66. The highest BCUT2D eigenvalue weighted by Gasteiger charge is 2.14. The Labute approximate surface area is 114 Å². The Morgan fingerprint density at radius 3 is 2.76 bits per heavy atom. The number of nitrogens with zero attached hydrogens (tertiary/aromatic N) is 1. The summed E-state index contributed by atoms with van der Waals surface area (Å²) in [6.07, 6.45) is 0.142. The largest absolute Gasteiger partial charge is 0.466 e. The summed E-state index contributed by atoms with van der Waals surface area (Å²) in [4.78, 5) is 12.2. The minimum atomic E-state index is -0.305. The maximum absolute atomic E-state index is 11.5. The van der Waals surface area contributed by atoms with Crippen LogP contribution in [0.2, 0.25) is 0 Å². The summed E-state index contributed by atoms with van der Waals surface area (Å²) in [7, 11) is 0. The smallest absolute Gasteiger partial charge is 0.310 e. The zero-order valence-electron chi connectivity index (χ0n) is 9.36. The lowest BCUT2D eigenvalue weighted by atomic mass is 10.0. The van der Waals surface area contributed by atoms with Crippen LogP contribution < -0.4 is 0 Å². The van der Waals surface area contributed by atoms with E-state index in [4.69, 9.17) is 10.00 Å². The number of carbonyl (C=O) groups excluding carboxylic acids is 1. The molecule has 0 bridgehead atoms. The summed E-state index contributed by atoms with van der Waals surface area (Å²) in [6.45, 7) is 2.11. The molecule has 17 heavy (non-hydrogen) atoms. The van der Waals surface area contributed by atoms with Crippen molar-refractivity contribution in [3.8, 4) is 6.07 Å². The van der Waals surface area contributed by atoms with Crippen molar-refractivity contribution in [1.29, 1.82) is 5.26 Å². The lowest BCUT2D eigenvalue weighted by Gasteiger charge is -2.11. The third-order valence-corrected chi connectivity index (χ3v) is 3.27. The predicted octanol–water partition coefficient (Wildman–Crippen LogP) is 2.85. The first kappa shape index (κ1) is 14.1. The number of rotatable bonds is 4. The summed E-state index contributed by atoms with van der Waals surface area (Å²) in [5.74, 6) is -0.305. The van der Waals surface area contributed by atoms with Crippen molar-refractivity contribution in [2.45, 2.75) is 23.6 Å². The van der Waals surface area contributed by atoms with Gasteiger partial charge in [0.05, 0.1) is 24.7 Å². The Balaban J connectivity index is 3.13. The van der Waals surface area contributed by atoms with Crippen molar-refractivity contribution < 1.29 is 9.53 Å². The molecule has 0 unspecified atom stereocenters. The third kappa shape index (κ3) is 3.48. The van der Waals surface area contributed by atoms with E-state index in [0.717, 1.165) is 11.1 Å². The van der Waals surface area contributed by atoms with Crippen LogP contribution >= 0.6 is 28.6 Å². The first-order valence-electron chi connectivity index (χ1n) is 5.09. The second-order valence-corrected chi connectivity index (χ2v) is 4.36. The van der Waals surface area contributed by atoms with E-state index in [0.29, 0.717) is 22.4 Å². The van der Waals surface area contributed by atoms with Gasteiger partial charge in [0.2, 0.25) is 0 Å². The summed E-state index contributed by atoms with van der Waals surface area (Å²) >= 11 is 7.64. The van der Waals surface area contributed by atoms with Gasteiger partial charge in [-0.3, -0.25) is 4.79 Å². The predicted molar refractivity (Wildman–Crippen MR) is 71.4 cm³/mol. The van der Waals surface area contributed by atoms with Crippen molar-refractivity contribution in [2.75, 3.05) is 6.61 Å². The molecular formula is C12H12BrNO2S. The molecule has 0 aromatic heterocycles. The van der Waals surface area contributed by atoms with Crippen LogP contribution in [0.5, 0.6) is 0 Å². The second kappa shape index (κ2) is 6.67. The standard InChI is InChI=1S/C12H12BrNO2S/c1-2-16-12(15)5-9-10(6-13)8(7-14)3-4-11(9)17/h3-4,17H,2,5-6H2,1H3. The number of thiol groups is 1. The van der Waals surface area contributed by atoms with E-state index in [1.807, 2.05) is 0 Å². The molecule has 0 fully saturated rings. The number of benzene rings is 1. The van der Waals surface area contributed by atoms with Gasteiger partial charge >= 0.3 is 5.97 Å². The molecule has 0 aliphatic carbocycles. The molecule has 0 amide bonds. The summed E-state index contributed by atoms with van der Waals surface area (Å²) in [6, 6.07) is 5.53. The topological polar surface area (TPSA) is 50.1 Å². The number of hydrogen-bond acceptors (Lipinski definition) is 4. The van der Waals surface area contributed by atoms with Gasteiger partial charge in [0.25, 0.3) is 0 Å². The van der Waals surface area contributed by atoms with E-state index in [1.54, 1.807) is 19.1 Å². The number of alkyl halides is 1. The van der Waals surface area contributed by atoms with E-state index < -0.39 is 0 Å². The van der Waals surface area contributed by atoms with Gasteiger partial charge in [-0.2, -0.15) is 5.26 Å². The van der Waals surface area contributed by atoms with Gasteiger partial charge in [-0.1, -0.05) is 15.9 Å². The lowest BCUT2D eigenvalue weighted by molar-refractivity contribution is -0.142. The van der Waals surface area contributed by atoms with Crippen LogP contribution in [0.25, 0.3) is 0 Å². The molecule has 0 saturated heterocycles. The normalized spacial score (nSPS) is 9.76. The molecule has 0 atom stereocenters. The molecule has 0 aliphatic rings. The summed E-state index contributed by atoms with van der Waals surface area (Å²) in [5, 5.41) is 9.50. The Morgan fingerprint density at radius 2 is 2.24 bits per heavy atom. The van der Waals surface area contributed by atoms with Gasteiger partial charge in [0, 0.05) is 10.2 Å². The van der Waals surface area contributed by atoms with Gasteiger partial charge in [-0.25, -0.2) is 0 Å². The summed E-state index contributed by atoms with van der Waals surface area (Å²) < 4.78 is 4.90. The molecule has 3 nitrogen and oxygen atoms in total. The Kier molecular flexibility index (Phi) is 5.52. The molecule has 0 heterocycles. The third-order valence-electron chi connectivity index (χ3n) is 2.29. The molecule has 1 aromatic carbocycles. The highest BCUT2D eigenvalue weighted by molar-refractivity contribution is 9.08. The quantitative estimate of drug-likeness (QED) is 0.528. The highest BCUT2D eigenvalue weighted by atomic mass is 79.9.